The molecule has 1 aliphatic heterocycles. The molecule has 0 saturated heterocycles. The average molecular weight is 703 g/mol. The smallest absolute Gasteiger partial charge is 0.323 e. The third-order valence-corrected chi connectivity index (χ3v) is 10.2. The monoisotopic (exact) mass is 702 g/mol. The van der Waals surface area contributed by atoms with Crippen LogP contribution in [0.2, 0.25) is 0 Å². The number of amides is 3. The summed E-state index contributed by atoms with van der Waals surface area (Å²) in [5.41, 5.74) is 0.822. The number of hydrogen-bond donors (Lipinski definition) is 3. The van der Waals surface area contributed by atoms with Gasteiger partial charge in [0.25, 0.3) is 5.91 Å². The molecule has 0 radical (unpaired) electrons. The van der Waals surface area contributed by atoms with E-state index < -0.39 is 51.7 Å². The predicted molar refractivity (Wildman–Crippen MR) is 182 cm³/mol. The highest BCUT2D eigenvalue weighted by atomic mass is 32.2. The number of anilines is 2. The summed E-state index contributed by atoms with van der Waals surface area (Å²) in [7, 11) is -2.55. The van der Waals surface area contributed by atoms with E-state index in [-0.39, 0.29) is 36.3 Å². The number of nitrogens with zero attached hydrogens (tertiary/aromatic N) is 2. The molecule has 1 aliphatic rings. The van der Waals surface area contributed by atoms with E-state index in [4.69, 9.17) is 9.47 Å². The molecule has 3 N–H and O–H groups in total. The van der Waals surface area contributed by atoms with Gasteiger partial charge in [0.05, 0.1) is 35.3 Å². The molecular weight excluding hydrogens is 658 g/mol. The van der Waals surface area contributed by atoms with E-state index in [0.29, 0.717) is 36.6 Å². The Balaban J connectivity index is 1.62. The lowest BCUT2D eigenvalue weighted by molar-refractivity contribution is -0.00834. The molecule has 3 aromatic rings. The summed E-state index contributed by atoms with van der Waals surface area (Å²) in [6, 6.07) is 13.3. The molecule has 11 nitrogen and oxygen atoms in total. The standard InChI is InChI=1S/C35H44F2N4O7S/c1-23-20-41(24(2)22-42)34(43)31-19-29(39-35(44)38-28-12-8-26(36)9-13-28)14-17-32(31)48-25(3)7-5-6-18-47-33(23)21-40(4)49(45,46)30-15-10-27(37)11-16-30/h8-17,19,23-25,33,42H,5-7,18,20-22H2,1-4H3,(H2,38,39,44)/t23-,24-,25+,33+/m1/s1. The summed E-state index contributed by atoms with van der Waals surface area (Å²) in [6.45, 7) is 5.47. The molecular formula is C35H44F2N4O7S. The normalized spacial score (nSPS) is 20.1. The number of hydrogen-bond acceptors (Lipinski definition) is 7. The van der Waals surface area contributed by atoms with Gasteiger partial charge in [0.1, 0.15) is 17.4 Å². The number of likely N-dealkylation sites (N-methyl/N-ethyl adjacent to an activating group) is 1. The summed E-state index contributed by atoms with van der Waals surface area (Å²) in [5.74, 6) is -1.57. The third kappa shape index (κ3) is 10.2. The number of aliphatic hydroxyl groups excluding tert-OH is 1. The van der Waals surface area contributed by atoms with E-state index in [9.17, 15) is 31.9 Å². The molecule has 0 bridgehead atoms. The van der Waals surface area contributed by atoms with Gasteiger partial charge in [-0.2, -0.15) is 4.31 Å². The molecule has 0 fully saturated rings. The minimum absolute atomic E-state index is 0.0379. The number of carbonyl (C=O) groups excluding carboxylic acids is 2. The van der Waals surface area contributed by atoms with Gasteiger partial charge in [-0.15, -0.1) is 0 Å². The highest BCUT2D eigenvalue weighted by molar-refractivity contribution is 7.89. The second-order valence-corrected chi connectivity index (χ2v) is 14.4. The van der Waals surface area contributed by atoms with Crippen molar-refractivity contribution < 1.29 is 41.4 Å². The van der Waals surface area contributed by atoms with Gasteiger partial charge in [-0.3, -0.25) is 4.79 Å². The van der Waals surface area contributed by atoms with E-state index in [1.807, 2.05) is 13.8 Å². The molecule has 1 heterocycles. The van der Waals surface area contributed by atoms with Crippen LogP contribution in [0.15, 0.2) is 71.6 Å². The van der Waals surface area contributed by atoms with Crippen LogP contribution in [0.3, 0.4) is 0 Å². The number of halogens is 2. The fourth-order valence-corrected chi connectivity index (χ4v) is 6.61. The second-order valence-electron chi connectivity index (χ2n) is 12.3. The molecule has 3 aromatic carbocycles. The maximum absolute atomic E-state index is 14.3. The number of aliphatic hydroxyl groups is 1. The molecule has 266 valence electrons. The molecule has 0 aliphatic carbocycles. The molecule has 4 atom stereocenters. The molecule has 3 amide bonds. The quantitative estimate of drug-likeness (QED) is 0.273. The number of nitrogens with one attached hydrogen (secondary N) is 2. The molecule has 0 spiro atoms. The topological polar surface area (TPSA) is 138 Å². The summed E-state index contributed by atoms with van der Waals surface area (Å²) in [4.78, 5) is 28.5. The van der Waals surface area contributed by atoms with Crippen molar-refractivity contribution in [3.05, 3.63) is 83.9 Å². The maximum Gasteiger partial charge on any atom is 0.323 e. The fraction of sp³-hybridized carbons (Fsp3) is 0.429. The summed E-state index contributed by atoms with van der Waals surface area (Å²) in [5, 5.41) is 15.5. The highest BCUT2D eigenvalue weighted by Gasteiger charge is 2.32. The zero-order chi connectivity index (χ0) is 35.7. The molecule has 14 heteroatoms. The lowest BCUT2D eigenvalue weighted by atomic mass is 10.0. The van der Waals surface area contributed by atoms with Crippen LogP contribution in [0.25, 0.3) is 0 Å². The van der Waals surface area contributed by atoms with Crippen molar-refractivity contribution in [1.82, 2.24) is 9.21 Å². The predicted octanol–water partition coefficient (Wildman–Crippen LogP) is 5.73. The zero-order valence-corrected chi connectivity index (χ0v) is 28.9. The van der Waals surface area contributed by atoms with E-state index in [2.05, 4.69) is 10.6 Å². The van der Waals surface area contributed by atoms with Gasteiger partial charge >= 0.3 is 6.03 Å². The van der Waals surface area contributed by atoms with Crippen molar-refractivity contribution in [1.29, 1.82) is 0 Å². The Hall–Kier alpha value is -4.11. The molecule has 0 unspecified atom stereocenters. The Labute approximate surface area is 286 Å². The van der Waals surface area contributed by atoms with Gasteiger partial charge in [0.15, 0.2) is 0 Å². The first-order chi connectivity index (χ1) is 23.3. The minimum Gasteiger partial charge on any atom is -0.490 e. The van der Waals surface area contributed by atoms with Gasteiger partial charge in [0.2, 0.25) is 10.0 Å². The van der Waals surface area contributed by atoms with Crippen LogP contribution in [-0.2, 0) is 14.8 Å². The molecule has 0 aromatic heterocycles. The number of ether oxygens (including phenoxy) is 2. The van der Waals surface area contributed by atoms with Crippen molar-refractivity contribution in [2.45, 2.75) is 63.2 Å². The lowest BCUT2D eigenvalue weighted by Gasteiger charge is -2.35. The Kier molecular flexibility index (Phi) is 13.1. The van der Waals surface area contributed by atoms with E-state index in [1.165, 1.54) is 54.4 Å². The number of fused-ring (bicyclic) bond motifs is 1. The zero-order valence-electron chi connectivity index (χ0n) is 28.1. The molecule has 0 saturated carbocycles. The number of urea groups is 1. The average Bonchev–Trinajstić information content (AvgIpc) is 3.07. The van der Waals surface area contributed by atoms with Crippen molar-refractivity contribution in [3.8, 4) is 5.75 Å². The van der Waals surface area contributed by atoms with E-state index in [0.717, 1.165) is 22.9 Å². The SMILES string of the molecule is C[C@@H]1CN([C@H](C)CO)C(=O)c2cc(NC(=O)Nc3ccc(F)cc3)ccc2O[C@@H](C)CCCCO[C@H]1CN(C)S(=O)(=O)c1ccc(F)cc1. The Morgan fingerprint density at radius 3 is 2.27 bits per heavy atom. The van der Waals surface area contributed by atoms with Gasteiger partial charge < -0.3 is 30.1 Å². The first-order valence-electron chi connectivity index (χ1n) is 16.2. The van der Waals surface area contributed by atoms with Crippen molar-refractivity contribution in [2.24, 2.45) is 5.92 Å². The van der Waals surface area contributed by atoms with Crippen molar-refractivity contribution >= 4 is 33.3 Å². The highest BCUT2D eigenvalue weighted by Crippen LogP contribution is 2.29. The minimum atomic E-state index is -3.98. The van der Waals surface area contributed by atoms with Crippen LogP contribution < -0.4 is 15.4 Å². The Morgan fingerprint density at radius 2 is 1.61 bits per heavy atom. The molecule has 4 rings (SSSR count). The maximum atomic E-state index is 14.3. The van der Waals surface area contributed by atoms with Crippen LogP contribution in [0.1, 0.15) is 50.4 Å². The summed E-state index contributed by atoms with van der Waals surface area (Å²) in [6.07, 6.45) is 1.15. The van der Waals surface area contributed by atoms with Crippen molar-refractivity contribution in [2.75, 3.05) is 44.0 Å². The van der Waals surface area contributed by atoms with Crippen LogP contribution in [-0.4, -0.2) is 86.3 Å². The van der Waals surface area contributed by atoms with Gasteiger partial charge in [-0.25, -0.2) is 22.0 Å². The van der Waals surface area contributed by atoms with E-state index in [1.54, 1.807) is 19.1 Å². The second kappa shape index (κ2) is 17.0. The van der Waals surface area contributed by atoms with Crippen molar-refractivity contribution in [3.63, 3.8) is 0 Å². The Bertz CT molecular complexity index is 1680. The number of benzene rings is 3. The van der Waals surface area contributed by atoms with Crippen LogP contribution in [0.5, 0.6) is 5.75 Å². The van der Waals surface area contributed by atoms with Gasteiger partial charge in [-0.1, -0.05) is 6.92 Å². The van der Waals surface area contributed by atoms with Crippen LogP contribution in [0, 0.1) is 17.6 Å². The van der Waals surface area contributed by atoms with Crippen LogP contribution >= 0.6 is 0 Å². The summed E-state index contributed by atoms with van der Waals surface area (Å²) >= 11 is 0. The van der Waals surface area contributed by atoms with Gasteiger partial charge in [0, 0.05) is 44.0 Å². The summed E-state index contributed by atoms with van der Waals surface area (Å²) < 4.78 is 67.1. The van der Waals surface area contributed by atoms with Crippen LogP contribution in [0.4, 0.5) is 25.0 Å². The number of carbonyl (C=O) groups is 2. The first kappa shape index (κ1) is 37.7. The number of sulfonamides is 1. The number of rotatable bonds is 8. The fourth-order valence-electron chi connectivity index (χ4n) is 5.43. The van der Waals surface area contributed by atoms with Gasteiger partial charge in [-0.05, 0) is 99.8 Å². The first-order valence-corrected chi connectivity index (χ1v) is 17.6. The lowest BCUT2D eigenvalue weighted by Crippen LogP contribution is -2.48. The van der Waals surface area contributed by atoms with E-state index >= 15 is 0 Å². The molecule has 49 heavy (non-hydrogen) atoms. The third-order valence-electron chi connectivity index (χ3n) is 8.37. The Morgan fingerprint density at radius 1 is 1.00 bits per heavy atom. The largest absolute Gasteiger partial charge is 0.490 e.